The highest BCUT2D eigenvalue weighted by molar-refractivity contribution is 6.30. The number of nitrogens with one attached hydrogen (secondary N) is 1. The Morgan fingerprint density at radius 3 is 2.80 bits per heavy atom. The van der Waals surface area contributed by atoms with E-state index in [2.05, 4.69) is 10.3 Å². The van der Waals surface area contributed by atoms with Crippen molar-refractivity contribution >= 4 is 17.5 Å². The van der Waals surface area contributed by atoms with E-state index in [4.69, 9.17) is 11.6 Å². The second kappa shape index (κ2) is 5.44. The molecule has 0 bridgehead atoms. The van der Waals surface area contributed by atoms with Crippen LogP contribution in [0.3, 0.4) is 0 Å². The maximum Gasteiger partial charge on any atom is 0.207 e. The summed E-state index contributed by atoms with van der Waals surface area (Å²) in [5.41, 5.74) is 1.74. The van der Waals surface area contributed by atoms with Crippen LogP contribution in [0.25, 0.3) is 5.69 Å². The lowest BCUT2D eigenvalue weighted by molar-refractivity contribution is 0.628. The van der Waals surface area contributed by atoms with E-state index < -0.39 is 5.82 Å². The highest BCUT2D eigenvalue weighted by Gasteiger charge is 2.18. The number of nitrogens with zero attached hydrogens (tertiary/aromatic N) is 2. The number of hydrogen-bond donors (Lipinski definition) is 1. The van der Waals surface area contributed by atoms with Crippen molar-refractivity contribution in [1.29, 1.82) is 0 Å². The Labute approximate surface area is 122 Å². The van der Waals surface area contributed by atoms with Crippen LogP contribution in [0, 0.1) is 12.7 Å². The molecule has 0 aliphatic heterocycles. The Bertz CT molecular complexity index is 618. The number of aryl methyl sites for hydroxylation is 1. The van der Waals surface area contributed by atoms with Crippen molar-refractivity contribution in [3.05, 3.63) is 40.9 Å². The van der Waals surface area contributed by atoms with Gasteiger partial charge in [-0.2, -0.15) is 0 Å². The maximum atomic E-state index is 13.3. The molecule has 3 nitrogen and oxygen atoms in total. The fraction of sp³-hybridized carbons (Fsp3) is 0.400. The summed E-state index contributed by atoms with van der Waals surface area (Å²) in [6, 6.07) is 5.19. The SMILES string of the molecule is Cc1cn(-c2ccc(F)c(Cl)c2)c(NC2CCCC2)n1. The molecule has 0 atom stereocenters. The van der Waals surface area contributed by atoms with Crippen LogP contribution in [0.1, 0.15) is 31.4 Å². The number of aromatic nitrogens is 2. The van der Waals surface area contributed by atoms with Crippen molar-refractivity contribution in [3.63, 3.8) is 0 Å². The van der Waals surface area contributed by atoms with Crippen LogP contribution in [0.5, 0.6) is 0 Å². The third-order valence-electron chi connectivity index (χ3n) is 3.70. The van der Waals surface area contributed by atoms with Crippen LogP contribution in [-0.4, -0.2) is 15.6 Å². The summed E-state index contributed by atoms with van der Waals surface area (Å²) < 4.78 is 15.2. The highest BCUT2D eigenvalue weighted by Crippen LogP contribution is 2.25. The van der Waals surface area contributed by atoms with Gasteiger partial charge in [-0.1, -0.05) is 24.4 Å². The van der Waals surface area contributed by atoms with E-state index in [1.807, 2.05) is 17.7 Å². The third-order valence-corrected chi connectivity index (χ3v) is 3.99. The number of halogens is 2. The van der Waals surface area contributed by atoms with Crippen LogP contribution in [0.2, 0.25) is 5.02 Å². The van der Waals surface area contributed by atoms with E-state index in [-0.39, 0.29) is 5.02 Å². The van der Waals surface area contributed by atoms with Gasteiger partial charge in [0.1, 0.15) is 5.82 Å². The largest absolute Gasteiger partial charge is 0.353 e. The summed E-state index contributed by atoms with van der Waals surface area (Å²) in [6.07, 6.45) is 6.81. The minimum Gasteiger partial charge on any atom is -0.353 e. The zero-order valence-corrected chi connectivity index (χ0v) is 12.1. The summed E-state index contributed by atoms with van der Waals surface area (Å²) in [6.45, 7) is 1.95. The smallest absolute Gasteiger partial charge is 0.207 e. The lowest BCUT2D eigenvalue weighted by Gasteiger charge is -2.15. The molecule has 0 amide bonds. The predicted octanol–water partition coefficient (Wildman–Crippen LogP) is 4.33. The minimum absolute atomic E-state index is 0.126. The van der Waals surface area contributed by atoms with E-state index in [0.717, 1.165) is 17.3 Å². The first kappa shape index (κ1) is 13.4. The molecule has 106 valence electrons. The van der Waals surface area contributed by atoms with Crippen molar-refractivity contribution in [1.82, 2.24) is 9.55 Å². The number of hydrogen-bond acceptors (Lipinski definition) is 2. The summed E-state index contributed by atoms with van der Waals surface area (Å²) in [7, 11) is 0. The van der Waals surface area contributed by atoms with Gasteiger partial charge in [-0.25, -0.2) is 9.37 Å². The monoisotopic (exact) mass is 293 g/mol. The van der Waals surface area contributed by atoms with Gasteiger partial charge in [0, 0.05) is 12.2 Å². The Morgan fingerprint density at radius 2 is 2.10 bits per heavy atom. The van der Waals surface area contributed by atoms with E-state index in [1.54, 1.807) is 12.1 Å². The van der Waals surface area contributed by atoms with Gasteiger partial charge >= 0.3 is 0 Å². The van der Waals surface area contributed by atoms with Gasteiger partial charge in [0.2, 0.25) is 5.95 Å². The molecule has 1 aromatic heterocycles. The van der Waals surface area contributed by atoms with Crippen LogP contribution in [0.15, 0.2) is 24.4 Å². The number of benzene rings is 1. The molecule has 2 aromatic rings. The van der Waals surface area contributed by atoms with Crippen LogP contribution in [0.4, 0.5) is 10.3 Å². The van der Waals surface area contributed by atoms with Crippen molar-refractivity contribution in [3.8, 4) is 5.69 Å². The molecular formula is C15H17ClFN3. The summed E-state index contributed by atoms with van der Waals surface area (Å²) in [5.74, 6) is 0.398. The quantitative estimate of drug-likeness (QED) is 0.913. The molecule has 0 radical (unpaired) electrons. The van der Waals surface area contributed by atoms with Gasteiger partial charge in [0.15, 0.2) is 0 Å². The van der Waals surface area contributed by atoms with Crippen LogP contribution < -0.4 is 5.32 Å². The molecule has 3 rings (SSSR count). The number of rotatable bonds is 3. The molecule has 20 heavy (non-hydrogen) atoms. The van der Waals surface area contributed by atoms with Crippen LogP contribution in [-0.2, 0) is 0 Å². The summed E-state index contributed by atoms with van der Waals surface area (Å²) in [5, 5.41) is 3.60. The van der Waals surface area contributed by atoms with E-state index in [1.165, 1.54) is 31.7 Å². The molecule has 1 heterocycles. The first-order valence-corrected chi connectivity index (χ1v) is 7.29. The standard InChI is InChI=1S/C15H17ClFN3/c1-10-9-20(12-6-7-14(17)13(16)8-12)15(18-10)19-11-4-2-3-5-11/h6-9,11H,2-5H2,1H3,(H,18,19). The lowest BCUT2D eigenvalue weighted by Crippen LogP contribution is -2.17. The molecular weight excluding hydrogens is 277 g/mol. The molecule has 0 unspecified atom stereocenters. The van der Waals surface area contributed by atoms with Gasteiger partial charge in [-0.05, 0) is 38.0 Å². The topological polar surface area (TPSA) is 29.9 Å². The maximum absolute atomic E-state index is 13.3. The molecule has 1 aliphatic rings. The zero-order chi connectivity index (χ0) is 14.1. The normalized spacial score (nSPS) is 15.8. The first-order valence-electron chi connectivity index (χ1n) is 6.91. The van der Waals surface area contributed by atoms with Crippen molar-refractivity contribution in [2.45, 2.75) is 38.6 Å². The molecule has 1 fully saturated rings. The van der Waals surface area contributed by atoms with E-state index >= 15 is 0 Å². The fourth-order valence-corrected chi connectivity index (χ4v) is 2.86. The molecule has 0 spiro atoms. The Balaban J connectivity index is 1.93. The van der Waals surface area contributed by atoms with Gasteiger partial charge in [-0.3, -0.25) is 4.57 Å². The van der Waals surface area contributed by atoms with E-state index in [9.17, 15) is 4.39 Å². The summed E-state index contributed by atoms with van der Waals surface area (Å²) >= 11 is 5.86. The predicted molar refractivity (Wildman–Crippen MR) is 79.1 cm³/mol. The molecule has 1 aromatic carbocycles. The number of anilines is 1. The van der Waals surface area contributed by atoms with Gasteiger partial charge in [0.05, 0.1) is 16.4 Å². The summed E-state index contributed by atoms with van der Waals surface area (Å²) in [4.78, 5) is 4.52. The first-order chi connectivity index (χ1) is 9.63. The second-order valence-electron chi connectivity index (χ2n) is 5.30. The van der Waals surface area contributed by atoms with Gasteiger partial charge in [-0.15, -0.1) is 0 Å². The Hall–Kier alpha value is -1.55. The highest BCUT2D eigenvalue weighted by atomic mass is 35.5. The average molecular weight is 294 g/mol. The molecule has 5 heteroatoms. The minimum atomic E-state index is -0.405. The van der Waals surface area contributed by atoms with Crippen molar-refractivity contribution < 1.29 is 4.39 Å². The average Bonchev–Trinajstić information content (AvgIpc) is 3.03. The van der Waals surface area contributed by atoms with Crippen LogP contribution >= 0.6 is 11.6 Å². The molecule has 1 aliphatic carbocycles. The van der Waals surface area contributed by atoms with Gasteiger partial charge < -0.3 is 5.32 Å². The number of imidazole rings is 1. The van der Waals surface area contributed by atoms with E-state index in [0.29, 0.717) is 6.04 Å². The Kier molecular flexibility index (Phi) is 3.66. The fourth-order valence-electron chi connectivity index (χ4n) is 2.68. The lowest BCUT2D eigenvalue weighted by atomic mass is 10.2. The Morgan fingerprint density at radius 1 is 1.35 bits per heavy atom. The molecule has 1 saturated carbocycles. The van der Waals surface area contributed by atoms with Crippen molar-refractivity contribution in [2.24, 2.45) is 0 Å². The molecule has 1 N–H and O–H groups in total. The molecule has 0 saturated heterocycles. The third kappa shape index (κ3) is 2.66. The van der Waals surface area contributed by atoms with Crippen molar-refractivity contribution in [2.75, 3.05) is 5.32 Å². The second-order valence-corrected chi connectivity index (χ2v) is 5.71. The van der Waals surface area contributed by atoms with Gasteiger partial charge in [0.25, 0.3) is 0 Å². The zero-order valence-electron chi connectivity index (χ0n) is 11.4.